The van der Waals surface area contributed by atoms with E-state index < -0.39 is 61.4 Å². The fourth-order valence-corrected chi connectivity index (χ4v) is 3.77. The number of esters is 2. The van der Waals surface area contributed by atoms with Crippen molar-refractivity contribution in [2.75, 3.05) is 46.3 Å². The molecule has 0 aromatic rings. The predicted octanol–water partition coefficient (Wildman–Crippen LogP) is 1.81. The van der Waals surface area contributed by atoms with Crippen LogP contribution in [0.4, 0.5) is 4.79 Å². The van der Waals surface area contributed by atoms with Gasteiger partial charge in [0.2, 0.25) is 5.79 Å². The Morgan fingerprint density at radius 1 is 1.03 bits per heavy atom. The number of methoxy groups -OCH3 is 1. The first kappa shape index (κ1) is 34.6. The van der Waals surface area contributed by atoms with Gasteiger partial charge in [-0.2, -0.15) is 0 Å². The Labute approximate surface area is 220 Å². The van der Waals surface area contributed by atoms with Crippen molar-refractivity contribution in [1.82, 2.24) is 5.32 Å². The van der Waals surface area contributed by atoms with Gasteiger partial charge in [-0.3, -0.25) is 4.57 Å². The zero-order valence-corrected chi connectivity index (χ0v) is 24.3. The molecule has 12 nitrogen and oxygen atoms in total. The summed E-state index contributed by atoms with van der Waals surface area (Å²) in [5.74, 6) is -3.18. The second kappa shape index (κ2) is 16.4. The number of hydrogen-bond acceptors (Lipinski definition) is 12. The van der Waals surface area contributed by atoms with Crippen LogP contribution in [-0.4, -0.2) is 92.5 Å². The highest BCUT2D eigenvalue weighted by Gasteiger charge is 2.44. The second-order valence-corrected chi connectivity index (χ2v) is 12.8. The summed E-state index contributed by atoms with van der Waals surface area (Å²) in [5, 5.41) is 11.6. The molecule has 0 aliphatic carbocycles. The van der Waals surface area contributed by atoms with Crippen molar-refractivity contribution in [1.29, 1.82) is 0 Å². The number of ether oxygens (including phenoxy) is 6. The number of hydrogen-bond donors (Lipinski definition) is 2. The van der Waals surface area contributed by atoms with Gasteiger partial charge in [-0.25, -0.2) is 14.4 Å². The van der Waals surface area contributed by atoms with E-state index in [0.717, 1.165) is 9.50 Å². The van der Waals surface area contributed by atoms with E-state index in [1.165, 1.54) is 27.9 Å². The maximum Gasteiger partial charge on any atom is 0.409 e. The lowest BCUT2D eigenvalue weighted by Gasteiger charge is -2.35. The molecule has 0 aliphatic heterocycles. The summed E-state index contributed by atoms with van der Waals surface area (Å²) >= 11 is 4.64. The highest BCUT2D eigenvalue weighted by molar-refractivity contribution is 8.32. The molecule has 210 valence electrons. The molecule has 0 bridgehead atoms. The number of nitrogens with one attached hydrogen (secondary N) is 1. The number of aliphatic hydroxyl groups is 1. The molecule has 0 aliphatic rings. The predicted molar refractivity (Wildman–Crippen MR) is 135 cm³/mol. The largest absolute Gasteiger partial charge is 0.463 e. The topological polar surface area (TPSA) is 156 Å². The van der Waals surface area contributed by atoms with Gasteiger partial charge >= 0.3 is 18.0 Å². The van der Waals surface area contributed by atoms with Crippen molar-refractivity contribution in [3.63, 3.8) is 0 Å². The average Bonchev–Trinajstić information content (AvgIpc) is 2.83. The van der Waals surface area contributed by atoms with Crippen molar-refractivity contribution in [2.45, 2.75) is 71.0 Å². The Bertz CT molecular complexity index is 848. The molecule has 0 spiro atoms. The Morgan fingerprint density at radius 2 is 1.58 bits per heavy atom. The summed E-state index contributed by atoms with van der Waals surface area (Å²) in [6, 6.07) is -0.186. The number of alkyl carbamates (subject to hydrolysis) is 1. The molecule has 0 aromatic heterocycles. The van der Waals surface area contributed by atoms with Gasteiger partial charge in [0.1, 0.15) is 19.8 Å². The van der Waals surface area contributed by atoms with Gasteiger partial charge in [0.15, 0.2) is 17.8 Å². The minimum Gasteiger partial charge on any atom is -0.463 e. The summed E-state index contributed by atoms with van der Waals surface area (Å²) in [4.78, 5) is 37.5. The van der Waals surface area contributed by atoms with Crippen LogP contribution >= 0.6 is 6.58 Å². The van der Waals surface area contributed by atoms with E-state index in [4.69, 9.17) is 33.5 Å². The Hall–Kier alpha value is -1.41. The van der Waals surface area contributed by atoms with Crippen LogP contribution in [0.25, 0.3) is 0 Å². The lowest BCUT2D eigenvalue weighted by Crippen LogP contribution is -2.52. The van der Waals surface area contributed by atoms with Crippen LogP contribution < -0.4 is 5.32 Å². The van der Waals surface area contributed by atoms with Crippen LogP contribution in [0.1, 0.15) is 48.0 Å². The number of aliphatic hydroxyl groups excluding tert-OH is 1. The molecule has 0 radical (unpaired) electrons. The molecule has 0 saturated carbocycles. The minimum absolute atomic E-state index is 0.101. The molecular formula is C21H38NO11PS2. The molecule has 2 N–H and O–H groups in total. The zero-order valence-electron chi connectivity index (χ0n) is 21.8. The van der Waals surface area contributed by atoms with Crippen molar-refractivity contribution >= 4 is 45.3 Å². The summed E-state index contributed by atoms with van der Waals surface area (Å²) in [7, 11) is 2.07. The number of rotatable bonds is 17. The molecule has 0 saturated heterocycles. The highest BCUT2D eigenvalue weighted by atomic mass is 32.9. The van der Waals surface area contributed by atoms with Gasteiger partial charge in [0.05, 0.1) is 19.4 Å². The lowest BCUT2D eigenvalue weighted by molar-refractivity contribution is -0.240. The molecular weight excluding hydrogens is 537 g/mol. The fourth-order valence-electron chi connectivity index (χ4n) is 2.34. The first-order valence-electron chi connectivity index (χ1n) is 11.2. The molecule has 0 fully saturated rings. The second-order valence-electron chi connectivity index (χ2n) is 8.55. The number of carbonyl (C=O) groups is 3. The minimum atomic E-state index is -1.79. The van der Waals surface area contributed by atoms with Crippen LogP contribution in [0.5, 0.6) is 0 Å². The number of amides is 1. The van der Waals surface area contributed by atoms with Crippen molar-refractivity contribution in [3.05, 3.63) is 0 Å². The quantitative estimate of drug-likeness (QED) is 0.112. The first-order chi connectivity index (χ1) is 16.7. The van der Waals surface area contributed by atoms with Gasteiger partial charge in [-0.05, 0) is 54.8 Å². The van der Waals surface area contributed by atoms with E-state index in [1.807, 2.05) is 0 Å². The van der Waals surface area contributed by atoms with E-state index in [9.17, 15) is 18.9 Å². The first-order valence-corrected chi connectivity index (χ1v) is 15.0. The van der Waals surface area contributed by atoms with Crippen LogP contribution in [0.15, 0.2) is 0 Å². The maximum atomic E-state index is 12.8. The van der Waals surface area contributed by atoms with Gasteiger partial charge in [-0.15, -0.1) is 0 Å². The summed E-state index contributed by atoms with van der Waals surface area (Å²) in [6.07, 6.45) is -0.469. The monoisotopic (exact) mass is 575 g/mol. The molecule has 4 unspecified atom stereocenters. The normalized spacial score (nSPS) is 16.6. The van der Waals surface area contributed by atoms with E-state index in [-0.39, 0.29) is 31.8 Å². The Kier molecular flexibility index (Phi) is 15.8. The molecule has 0 aromatic carbocycles. The summed E-state index contributed by atoms with van der Waals surface area (Å²) in [5.41, 5.74) is -3.25. The van der Waals surface area contributed by atoms with Crippen molar-refractivity contribution < 1.29 is 52.5 Å². The molecule has 15 heteroatoms. The van der Waals surface area contributed by atoms with Crippen LogP contribution in [-0.2, 0) is 63.3 Å². The van der Waals surface area contributed by atoms with Gasteiger partial charge < -0.3 is 38.8 Å². The third kappa shape index (κ3) is 12.2. The van der Waals surface area contributed by atoms with E-state index in [0.29, 0.717) is 0 Å². The third-order valence-electron chi connectivity index (χ3n) is 4.92. The van der Waals surface area contributed by atoms with Gasteiger partial charge in [0.25, 0.3) is 0 Å². The van der Waals surface area contributed by atoms with Crippen LogP contribution in [0.2, 0.25) is 0 Å². The SMILES string of the molecule is CCC(C)(OCC(C)(OCC(C)(OC)OC(=O)NC(C)C)C(=O)OCCO)C(=O)OCCP(=O)=S=S. The highest BCUT2D eigenvalue weighted by Crippen LogP contribution is 2.25. The summed E-state index contributed by atoms with van der Waals surface area (Å²) < 4.78 is 43.9. The Morgan fingerprint density at radius 3 is 2.08 bits per heavy atom. The van der Waals surface area contributed by atoms with E-state index in [2.05, 4.69) is 16.5 Å². The Balaban J connectivity index is 5.57. The molecule has 36 heavy (non-hydrogen) atoms. The van der Waals surface area contributed by atoms with Crippen molar-refractivity contribution in [3.8, 4) is 0 Å². The standard InChI is InChI=1S/C21H38NO11PS2/c1-8-19(4,16(24)30-11-12-34(27)36-35)31-13-20(5,17(25)29-10-9-23)32-14-21(6,28-7)33-18(26)22-15(2)3/h15,23H,8-14H2,1-7H3,(H,22,26). The maximum absolute atomic E-state index is 12.8. The smallest absolute Gasteiger partial charge is 0.409 e. The fraction of sp³-hybridized carbons (Fsp3) is 0.857. The van der Waals surface area contributed by atoms with Gasteiger partial charge in [-0.1, -0.05) is 6.92 Å². The van der Waals surface area contributed by atoms with E-state index >= 15 is 0 Å². The number of carbonyl (C=O) groups excluding carboxylic acids is 3. The average molecular weight is 576 g/mol. The van der Waals surface area contributed by atoms with E-state index in [1.54, 1.807) is 20.8 Å². The van der Waals surface area contributed by atoms with Crippen LogP contribution in [0.3, 0.4) is 0 Å². The summed E-state index contributed by atoms with van der Waals surface area (Å²) in [6.45, 7) is 6.09. The zero-order chi connectivity index (χ0) is 28.0. The molecule has 0 heterocycles. The molecule has 4 atom stereocenters. The third-order valence-corrected chi connectivity index (χ3v) is 8.18. The van der Waals surface area contributed by atoms with Crippen LogP contribution in [0, 0.1) is 0 Å². The molecule has 0 rings (SSSR count). The lowest BCUT2D eigenvalue weighted by atomic mass is 10.0. The van der Waals surface area contributed by atoms with Gasteiger partial charge in [0, 0.05) is 20.1 Å². The van der Waals surface area contributed by atoms with Crippen molar-refractivity contribution in [2.24, 2.45) is 0 Å². The molecule has 1 amide bonds.